The van der Waals surface area contributed by atoms with Gasteiger partial charge < -0.3 is 0 Å². The van der Waals surface area contributed by atoms with Crippen molar-refractivity contribution < 1.29 is 0 Å². The van der Waals surface area contributed by atoms with E-state index in [0.29, 0.717) is 4.53 Å². The Hall–Kier alpha value is -1.98. The van der Waals surface area contributed by atoms with Crippen LogP contribution in [0.2, 0.25) is 0 Å². The molecule has 2 aromatic carbocycles. The number of benzene rings is 2. The van der Waals surface area contributed by atoms with E-state index in [0.717, 1.165) is 37.2 Å². The van der Waals surface area contributed by atoms with Gasteiger partial charge in [0.2, 0.25) is 0 Å². The number of hydrogen-bond acceptors (Lipinski definition) is 3. The molecule has 2 heterocycles. The summed E-state index contributed by atoms with van der Waals surface area (Å²) in [6.45, 7) is 4.07. The van der Waals surface area contributed by atoms with E-state index in [4.69, 9.17) is 0 Å². The summed E-state index contributed by atoms with van der Waals surface area (Å²) in [4.78, 5) is 18.2. The van der Waals surface area contributed by atoms with E-state index in [1.165, 1.54) is 11.3 Å². The highest BCUT2D eigenvalue weighted by molar-refractivity contribution is 9.10. The van der Waals surface area contributed by atoms with Gasteiger partial charge in [-0.15, -0.1) is 0 Å². The fourth-order valence-electron chi connectivity index (χ4n) is 2.86. The van der Waals surface area contributed by atoms with Crippen LogP contribution in [0, 0.1) is 13.8 Å². The summed E-state index contributed by atoms with van der Waals surface area (Å²) >= 11 is 4.89. The zero-order valence-corrected chi connectivity index (χ0v) is 15.0. The van der Waals surface area contributed by atoms with Crippen molar-refractivity contribution >= 4 is 49.3 Å². The smallest absolute Gasteiger partial charge is 0.267 e. The zero-order chi connectivity index (χ0) is 16.1. The quantitative estimate of drug-likeness (QED) is 0.499. The number of aromatic nitrogens is 2. The number of fused-ring (bicyclic) bond motifs is 3. The molecule has 0 saturated carbocycles. The molecule has 0 fully saturated rings. The molecule has 0 radical (unpaired) electrons. The minimum absolute atomic E-state index is 0.00234. The topological polar surface area (TPSA) is 34.4 Å². The van der Waals surface area contributed by atoms with Gasteiger partial charge in [-0.25, -0.2) is 9.38 Å². The molecule has 0 aliphatic heterocycles. The number of hydrogen-bond donors (Lipinski definition) is 0. The predicted molar refractivity (Wildman–Crippen MR) is 99.2 cm³/mol. The number of aryl methyl sites for hydroxylation is 2. The van der Waals surface area contributed by atoms with E-state index in [1.54, 1.807) is 4.40 Å². The van der Waals surface area contributed by atoms with E-state index < -0.39 is 0 Å². The second-order valence-corrected chi connectivity index (χ2v) is 7.57. The Morgan fingerprint density at radius 1 is 1.22 bits per heavy atom. The molecule has 0 unspecified atom stereocenters. The first-order valence-corrected chi connectivity index (χ1v) is 8.83. The minimum Gasteiger partial charge on any atom is -0.267 e. The maximum Gasteiger partial charge on any atom is 0.274 e. The van der Waals surface area contributed by atoms with Crippen LogP contribution in [0.5, 0.6) is 0 Å². The number of thiazole rings is 1. The Morgan fingerprint density at radius 3 is 2.83 bits per heavy atom. The second-order valence-electron chi connectivity index (χ2n) is 5.65. The molecule has 0 spiro atoms. The molecule has 5 heteroatoms. The van der Waals surface area contributed by atoms with E-state index in [-0.39, 0.29) is 5.56 Å². The molecule has 2 aromatic heterocycles. The number of rotatable bonds is 1. The van der Waals surface area contributed by atoms with Gasteiger partial charge in [-0.05, 0) is 54.8 Å². The van der Waals surface area contributed by atoms with Crippen molar-refractivity contribution in [1.82, 2.24) is 9.38 Å². The Balaban J connectivity index is 2.04. The molecule has 4 rings (SSSR count). The van der Waals surface area contributed by atoms with Gasteiger partial charge >= 0.3 is 0 Å². The van der Waals surface area contributed by atoms with Crippen LogP contribution < -0.4 is 10.1 Å². The molecule has 0 N–H and O–H groups in total. The lowest BCUT2D eigenvalue weighted by Crippen LogP contribution is -2.22. The van der Waals surface area contributed by atoms with Crippen LogP contribution in [0.4, 0.5) is 0 Å². The van der Waals surface area contributed by atoms with E-state index >= 15 is 0 Å². The summed E-state index contributed by atoms with van der Waals surface area (Å²) in [5.74, 6) is 0. The second kappa shape index (κ2) is 5.28. The molecule has 0 atom stereocenters. The number of halogens is 1. The van der Waals surface area contributed by atoms with E-state index in [9.17, 15) is 4.79 Å². The average molecular weight is 385 g/mol. The lowest BCUT2D eigenvalue weighted by molar-refractivity contribution is 1.18. The normalized spacial score (nSPS) is 12.6. The van der Waals surface area contributed by atoms with Crippen molar-refractivity contribution in [1.29, 1.82) is 0 Å². The lowest BCUT2D eigenvalue weighted by atomic mass is 10.1. The highest BCUT2D eigenvalue weighted by Crippen LogP contribution is 2.21. The Morgan fingerprint density at radius 2 is 2.04 bits per heavy atom. The average Bonchev–Trinajstić information content (AvgIpc) is 2.98. The third kappa shape index (κ3) is 2.40. The summed E-state index contributed by atoms with van der Waals surface area (Å²) in [5, 5.41) is 0. The van der Waals surface area contributed by atoms with Gasteiger partial charge in [-0.2, -0.15) is 0 Å². The third-order valence-corrected chi connectivity index (χ3v) is 5.29. The number of nitrogens with zero attached hydrogens (tertiary/aromatic N) is 2. The van der Waals surface area contributed by atoms with Crippen LogP contribution in [-0.4, -0.2) is 9.38 Å². The van der Waals surface area contributed by atoms with Gasteiger partial charge in [0.25, 0.3) is 5.56 Å². The summed E-state index contributed by atoms with van der Waals surface area (Å²) in [6, 6.07) is 12.0. The predicted octanol–water partition coefficient (Wildman–Crippen LogP) is 3.84. The van der Waals surface area contributed by atoms with Crippen molar-refractivity contribution in [3.8, 4) is 0 Å². The minimum atomic E-state index is -0.00234. The van der Waals surface area contributed by atoms with Crippen molar-refractivity contribution in [2.45, 2.75) is 13.8 Å². The first-order chi connectivity index (χ1) is 11.0. The molecule has 0 saturated heterocycles. The van der Waals surface area contributed by atoms with Gasteiger partial charge in [0.05, 0.1) is 15.6 Å². The molecule has 114 valence electrons. The van der Waals surface area contributed by atoms with Gasteiger partial charge in [-0.1, -0.05) is 45.5 Å². The van der Waals surface area contributed by atoms with Crippen LogP contribution in [0.3, 0.4) is 0 Å². The van der Waals surface area contributed by atoms with Crippen molar-refractivity contribution in [2.24, 2.45) is 0 Å². The maximum atomic E-state index is 12.8. The van der Waals surface area contributed by atoms with E-state index in [1.807, 2.05) is 50.3 Å². The SMILES string of the molecule is Cc1cc(C)c2nc3s/c(=C/c4cccc(Br)c4)c(=O)n3c2c1. The van der Waals surface area contributed by atoms with Crippen LogP contribution >= 0.6 is 27.3 Å². The Labute approximate surface area is 145 Å². The molecular weight excluding hydrogens is 372 g/mol. The van der Waals surface area contributed by atoms with E-state index in [2.05, 4.69) is 27.0 Å². The van der Waals surface area contributed by atoms with Gasteiger partial charge in [0.1, 0.15) is 0 Å². The van der Waals surface area contributed by atoms with Crippen molar-refractivity contribution in [3.05, 3.63) is 72.4 Å². The third-order valence-electron chi connectivity index (χ3n) is 3.83. The molecular formula is C18H13BrN2OS. The van der Waals surface area contributed by atoms with Crippen molar-refractivity contribution in [2.75, 3.05) is 0 Å². The van der Waals surface area contributed by atoms with Gasteiger partial charge in [-0.3, -0.25) is 4.79 Å². The fourth-order valence-corrected chi connectivity index (χ4v) is 4.25. The van der Waals surface area contributed by atoms with Crippen LogP contribution in [0.25, 0.3) is 22.1 Å². The van der Waals surface area contributed by atoms with Gasteiger partial charge in [0.15, 0.2) is 4.96 Å². The van der Waals surface area contributed by atoms with Crippen molar-refractivity contribution in [3.63, 3.8) is 0 Å². The lowest BCUT2D eigenvalue weighted by Gasteiger charge is -1.97. The fraction of sp³-hybridized carbons (Fsp3) is 0.111. The monoisotopic (exact) mass is 384 g/mol. The largest absolute Gasteiger partial charge is 0.274 e. The Kier molecular flexibility index (Phi) is 3.36. The molecule has 0 amide bonds. The summed E-state index contributed by atoms with van der Waals surface area (Å²) in [7, 11) is 0. The first-order valence-electron chi connectivity index (χ1n) is 7.22. The van der Waals surface area contributed by atoms with Crippen LogP contribution in [-0.2, 0) is 0 Å². The maximum absolute atomic E-state index is 12.8. The molecule has 0 aliphatic rings. The van der Waals surface area contributed by atoms with Crippen LogP contribution in [0.15, 0.2) is 45.7 Å². The molecule has 0 aliphatic carbocycles. The standard InChI is InChI=1S/C18H13BrN2OS/c1-10-6-11(2)16-14(7-10)21-17(22)15(23-18(21)20-16)9-12-4-3-5-13(19)8-12/h3-9H,1-2H3/b15-9+. The highest BCUT2D eigenvalue weighted by Gasteiger charge is 2.13. The summed E-state index contributed by atoms with van der Waals surface area (Å²) in [6.07, 6.45) is 1.92. The highest BCUT2D eigenvalue weighted by atomic mass is 79.9. The first kappa shape index (κ1) is 14.6. The molecule has 3 nitrogen and oxygen atoms in total. The summed E-state index contributed by atoms with van der Waals surface area (Å²) < 4.78 is 3.42. The molecule has 23 heavy (non-hydrogen) atoms. The molecule has 4 aromatic rings. The summed E-state index contributed by atoms with van der Waals surface area (Å²) in [5.41, 5.74) is 5.04. The molecule has 0 bridgehead atoms. The van der Waals surface area contributed by atoms with Gasteiger partial charge in [0, 0.05) is 4.47 Å². The number of imidazole rings is 1. The Bertz CT molecular complexity index is 1170. The zero-order valence-electron chi connectivity index (χ0n) is 12.6. The van der Waals surface area contributed by atoms with Crippen LogP contribution in [0.1, 0.15) is 16.7 Å².